The third-order valence-electron chi connectivity index (χ3n) is 2.95. The molecule has 3 heterocycles. The zero-order valence-corrected chi connectivity index (χ0v) is 8.73. The minimum Gasteiger partial charge on any atom is -0.456 e. The summed E-state index contributed by atoms with van der Waals surface area (Å²) in [6.45, 7) is 0.478. The maximum absolute atomic E-state index is 11.4. The summed E-state index contributed by atoms with van der Waals surface area (Å²) in [5.74, 6) is 1.06. The minimum absolute atomic E-state index is 0.230. The molecule has 17 heavy (non-hydrogen) atoms. The van der Waals surface area contributed by atoms with Crippen LogP contribution in [0.5, 0.6) is 11.5 Å². The van der Waals surface area contributed by atoms with Gasteiger partial charge in [0.25, 0.3) is 0 Å². The molecule has 0 fully saturated rings. The van der Waals surface area contributed by atoms with Gasteiger partial charge in [-0.25, -0.2) is 9.78 Å². The molecule has 2 aromatic rings. The average Bonchev–Trinajstić information content (AvgIpc) is 2.91. The van der Waals surface area contributed by atoms with Crippen LogP contribution in [0.1, 0.15) is 16.1 Å². The molecule has 84 valence electrons. The number of hydrogen-bond donors (Lipinski definition) is 0. The summed E-state index contributed by atoms with van der Waals surface area (Å²) in [6, 6.07) is 5.44. The van der Waals surface area contributed by atoms with Gasteiger partial charge in [0.15, 0.2) is 11.5 Å². The number of carbonyl (C=O) groups is 1. The first kappa shape index (κ1) is 8.81. The van der Waals surface area contributed by atoms with Crippen LogP contribution in [0.25, 0.3) is 10.9 Å². The molecule has 0 unspecified atom stereocenters. The molecular weight excluding hydrogens is 222 g/mol. The van der Waals surface area contributed by atoms with Crippen molar-refractivity contribution in [1.82, 2.24) is 4.98 Å². The fourth-order valence-electron chi connectivity index (χ4n) is 2.10. The maximum Gasteiger partial charge on any atom is 0.340 e. The summed E-state index contributed by atoms with van der Waals surface area (Å²) in [4.78, 5) is 15.8. The summed E-state index contributed by atoms with van der Waals surface area (Å²) in [5, 5.41) is 0.854. The molecule has 2 aliphatic rings. The lowest BCUT2D eigenvalue weighted by atomic mass is 10.1. The molecule has 5 heteroatoms. The first-order chi connectivity index (χ1) is 8.31. The Morgan fingerprint density at radius 2 is 1.88 bits per heavy atom. The molecular formula is C12H7NO4. The van der Waals surface area contributed by atoms with Gasteiger partial charge in [-0.15, -0.1) is 0 Å². The highest BCUT2D eigenvalue weighted by Crippen LogP contribution is 2.36. The van der Waals surface area contributed by atoms with Gasteiger partial charge in [0, 0.05) is 11.5 Å². The number of aromatic nitrogens is 1. The van der Waals surface area contributed by atoms with E-state index in [1.165, 1.54) is 0 Å². The van der Waals surface area contributed by atoms with Crippen LogP contribution in [0, 0.1) is 0 Å². The summed E-state index contributed by atoms with van der Waals surface area (Å²) in [5.41, 5.74) is 2.00. The lowest BCUT2D eigenvalue weighted by Crippen LogP contribution is -1.94. The third kappa shape index (κ3) is 1.13. The Bertz CT molecular complexity index is 665. The highest BCUT2D eigenvalue weighted by atomic mass is 16.7. The Hall–Kier alpha value is -2.30. The van der Waals surface area contributed by atoms with Crippen LogP contribution >= 0.6 is 0 Å². The van der Waals surface area contributed by atoms with E-state index in [1.54, 1.807) is 6.07 Å². The zero-order valence-electron chi connectivity index (χ0n) is 8.73. The Morgan fingerprint density at radius 1 is 1.06 bits per heavy atom. The average molecular weight is 229 g/mol. The second kappa shape index (κ2) is 2.88. The predicted molar refractivity (Wildman–Crippen MR) is 57.0 cm³/mol. The van der Waals surface area contributed by atoms with Crippen LogP contribution in [0.15, 0.2) is 18.2 Å². The number of pyridine rings is 1. The van der Waals surface area contributed by atoms with Gasteiger partial charge in [-0.3, -0.25) is 0 Å². The second-order valence-electron chi connectivity index (χ2n) is 3.96. The number of rotatable bonds is 0. The van der Waals surface area contributed by atoms with Crippen LogP contribution in [-0.2, 0) is 11.3 Å². The molecule has 0 bridgehead atoms. The standard InChI is InChI=1S/C12H7NO4/c14-12-7-1-6-2-10-11(17-5-16-10)3-8(6)13-9(7)4-15-12/h1-3H,4-5H2. The Morgan fingerprint density at radius 3 is 2.76 bits per heavy atom. The van der Waals surface area contributed by atoms with Gasteiger partial charge >= 0.3 is 5.97 Å². The fraction of sp³-hybridized carbons (Fsp3) is 0.167. The molecule has 4 rings (SSSR count). The van der Waals surface area contributed by atoms with Gasteiger partial charge in [-0.2, -0.15) is 0 Å². The second-order valence-corrected chi connectivity index (χ2v) is 3.96. The van der Waals surface area contributed by atoms with E-state index in [1.807, 2.05) is 12.1 Å². The predicted octanol–water partition coefficient (Wildman–Crippen LogP) is 1.63. The summed E-state index contributed by atoms with van der Waals surface area (Å²) < 4.78 is 15.5. The normalized spacial score (nSPS) is 16.1. The molecule has 0 saturated heterocycles. The molecule has 2 aliphatic heterocycles. The molecule has 1 aromatic heterocycles. The van der Waals surface area contributed by atoms with Crippen molar-refractivity contribution in [3.05, 3.63) is 29.5 Å². The number of benzene rings is 1. The SMILES string of the molecule is O=C1OCc2nc3cc4c(cc3cc21)OCO4. The highest BCUT2D eigenvalue weighted by Gasteiger charge is 2.24. The molecule has 1 aromatic carbocycles. The lowest BCUT2D eigenvalue weighted by molar-refractivity contribution is 0.0533. The van der Waals surface area contributed by atoms with E-state index in [0.29, 0.717) is 22.8 Å². The Labute approximate surface area is 95.9 Å². The Balaban J connectivity index is 2.03. The molecule has 0 aliphatic carbocycles. The molecule has 0 N–H and O–H groups in total. The molecule has 0 amide bonds. The number of carbonyl (C=O) groups excluding carboxylic acids is 1. The monoisotopic (exact) mass is 229 g/mol. The fourth-order valence-corrected chi connectivity index (χ4v) is 2.10. The van der Waals surface area contributed by atoms with Crippen molar-refractivity contribution in [2.45, 2.75) is 6.61 Å². The smallest absolute Gasteiger partial charge is 0.340 e. The molecule has 0 saturated carbocycles. The van der Waals surface area contributed by atoms with Gasteiger partial charge in [-0.05, 0) is 12.1 Å². The maximum atomic E-state index is 11.4. The van der Waals surface area contributed by atoms with Crippen LogP contribution in [0.4, 0.5) is 0 Å². The van der Waals surface area contributed by atoms with Gasteiger partial charge in [-0.1, -0.05) is 0 Å². The van der Waals surface area contributed by atoms with Crippen LogP contribution in [0.2, 0.25) is 0 Å². The van der Waals surface area contributed by atoms with Crippen molar-refractivity contribution in [1.29, 1.82) is 0 Å². The quantitative estimate of drug-likeness (QED) is 0.642. The largest absolute Gasteiger partial charge is 0.456 e. The van der Waals surface area contributed by atoms with Crippen molar-refractivity contribution in [2.24, 2.45) is 0 Å². The summed E-state index contributed by atoms with van der Waals surface area (Å²) in [6.07, 6.45) is 0. The van der Waals surface area contributed by atoms with E-state index in [0.717, 1.165) is 10.9 Å². The Kier molecular flexibility index (Phi) is 1.49. The van der Waals surface area contributed by atoms with Crippen molar-refractivity contribution in [2.75, 3.05) is 6.79 Å². The van der Waals surface area contributed by atoms with E-state index >= 15 is 0 Å². The lowest BCUT2D eigenvalue weighted by Gasteiger charge is -2.02. The van der Waals surface area contributed by atoms with Crippen molar-refractivity contribution in [3.63, 3.8) is 0 Å². The first-order valence-corrected chi connectivity index (χ1v) is 5.22. The topological polar surface area (TPSA) is 57.7 Å². The zero-order chi connectivity index (χ0) is 11.4. The van der Waals surface area contributed by atoms with Crippen LogP contribution in [-0.4, -0.2) is 17.7 Å². The minimum atomic E-state index is -0.313. The molecule has 0 atom stereocenters. The highest BCUT2D eigenvalue weighted by molar-refractivity contribution is 5.97. The molecule has 0 radical (unpaired) electrons. The van der Waals surface area contributed by atoms with Crippen molar-refractivity contribution in [3.8, 4) is 11.5 Å². The van der Waals surface area contributed by atoms with Gasteiger partial charge in [0.05, 0.1) is 16.8 Å². The van der Waals surface area contributed by atoms with Crippen molar-refractivity contribution >= 4 is 16.9 Å². The molecule has 0 spiro atoms. The van der Waals surface area contributed by atoms with E-state index in [4.69, 9.17) is 14.2 Å². The first-order valence-electron chi connectivity index (χ1n) is 5.22. The van der Waals surface area contributed by atoms with Crippen molar-refractivity contribution < 1.29 is 19.0 Å². The van der Waals surface area contributed by atoms with E-state index in [2.05, 4.69) is 4.98 Å². The van der Waals surface area contributed by atoms with Gasteiger partial charge in [0.2, 0.25) is 6.79 Å². The van der Waals surface area contributed by atoms with Gasteiger partial charge in [0.1, 0.15) is 6.61 Å². The number of nitrogens with zero attached hydrogens (tertiary/aromatic N) is 1. The van der Waals surface area contributed by atoms with Gasteiger partial charge < -0.3 is 14.2 Å². The number of cyclic esters (lactones) is 1. The summed E-state index contributed by atoms with van der Waals surface area (Å²) >= 11 is 0. The van der Waals surface area contributed by atoms with Crippen LogP contribution in [0.3, 0.4) is 0 Å². The number of esters is 1. The number of fused-ring (bicyclic) bond motifs is 3. The van der Waals surface area contributed by atoms with Crippen LogP contribution < -0.4 is 9.47 Å². The third-order valence-corrected chi connectivity index (χ3v) is 2.95. The number of ether oxygens (including phenoxy) is 3. The van der Waals surface area contributed by atoms with E-state index in [-0.39, 0.29) is 19.4 Å². The van der Waals surface area contributed by atoms with E-state index < -0.39 is 0 Å². The summed E-state index contributed by atoms with van der Waals surface area (Å²) in [7, 11) is 0. The molecule has 5 nitrogen and oxygen atoms in total. The van der Waals surface area contributed by atoms with E-state index in [9.17, 15) is 4.79 Å². The number of hydrogen-bond acceptors (Lipinski definition) is 5.